The molecule has 106 valence electrons. The van der Waals surface area contributed by atoms with E-state index in [2.05, 4.69) is 15.4 Å². The summed E-state index contributed by atoms with van der Waals surface area (Å²) in [7, 11) is 1.64. The lowest BCUT2D eigenvalue weighted by atomic mass is 10.0. The van der Waals surface area contributed by atoms with Crippen molar-refractivity contribution in [2.45, 2.75) is 13.8 Å². The summed E-state index contributed by atoms with van der Waals surface area (Å²) >= 11 is 0. The number of rotatable bonds is 4. The van der Waals surface area contributed by atoms with Gasteiger partial charge in [0.25, 0.3) is 0 Å². The van der Waals surface area contributed by atoms with Gasteiger partial charge in [-0.05, 0) is 48.8 Å². The molecule has 5 nitrogen and oxygen atoms in total. The molecule has 0 aliphatic heterocycles. The summed E-state index contributed by atoms with van der Waals surface area (Å²) in [6.45, 7) is 3.87. The van der Waals surface area contributed by atoms with Gasteiger partial charge in [-0.3, -0.25) is 0 Å². The average molecular weight is 280 g/mol. The van der Waals surface area contributed by atoms with Crippen LogP contribution in [0, 0.1) is 11.3 Å². The first kappa shape index (κ1) is 14.5. The maximum Gasteiger partial charge on any atom is 0.190 e. The lowest BCUT2D eigenvalue weighted by Crippen LogP contribution is -1.89. The Bertz CT molecular complexity index is 735. The van der Waals surface area contributed by atoms with Crippen LogP contribution in [0.1, 0.15) is 30.8 Å². The first-order valence-corrected chi connectivity index (χ1v) is 6.50. The van der Waals surface area contributed by atoms with Crippen LogP contribution in [0.25, 0.3) is 11.1 Å². The second-order valence-corrected chi connectivity index (χ2v) is 4.44. The summed E-state index contributed by atoms with van der Waals surface area (Å²) in [4.78, 5) is 0. The van der Waals surface area contributed by atoms with Crippen molar-refractivity contribution in [3.05, 3.63) is 53.4 Å². The lowest BCUT2D eigenvalue weighted by molar-refractivity contribution is 0.414. The molecule has 0 amide bonds. The highest BCUT2D eigenvalue weighted by Gasteiger charge is 2.09. The molecule has 0 atom stereocenters. The van der Waals surface area contributed by atoms with E-state index >= 15 is 0 Å². The van der Waals surface area contributed by atoms with E-state index in [0.29, 0.717) is 11.4 Å². The lowest BCUT2D eigenvalue weighted by Gasteiger charge is -2.06. The van der Waals surface area contributed by atoms with Gasteiger partial charge in [-0.25, -0.2) is 0 Å². The second-order valence-electron chi connectivity index (χ2n) is 4.44. The van der Waals surface area contributed by atoms with Crippen LogP contribution >= 0.6 is 0 Å². The molecule has 0 bridgehead atoms. The van der Waals surface area contributed by atoms with Gasteiger partial charge in [-0.15, -0.1) is 5.10 Å². The highest BCUT2D eigenvalue weighted by Crippen LogP contribution is 2.24. The molecule has 1 heterocycles. The summed E-state index contributed by atoms with van der Waals surface area (Å²) in [6.07, 6.45) is 3.98. The van der Waals surface area contributed by atoms with Gasteiger partial charge < -0.3 is 4.74 Å². The van der Waals surface area contributed by atoms with E-state index in [1.165, 1.54) is 0 Å². The number of nitriles is 1. The first-order chi connectivity index (χ1) is 10.2. The number of nitrogens with one attached hydrogen (secondary N) is 1. The molecule has 0 aliphatic rings. The predicted octanol–water partition coefficient (Wildman–Crippen LogP) is 3.19. The number of nitrogens with zero attached hydrogens (tertiary/aromatic N) is 3. The number of aromatic nitrogens is 3. The molecule has 5 heteroatoms. The number of methoxy groups -OCH3 is 1. The third-order valence-corrected chi connectivity index (χ3v) is 3.11. The van der Waals surface area contributed by atoms with Crippen LogP contribution in [-0.4, -0.2) is 22.5 Å². The molecule has 0 saturated heterocycles. The first-order valence-electron chi connectivity index (χ1n) is 6.50. The zero-order valence-corrected chi connectivity index (χ0v) is 12.2. The standard InChI is InChI=1S/C16H16N4O/c1-4-12(13-6-5-7-14(9-13)21-3)8-11(2)16-15(10-17)18-20-19-16/h4-9H,1-3H3,(H,18,19,20)/b11-8+,12-4+. The number of allylic oxidation sites excluding steroid dienone is 4. The molecular weight excluding hydrogens is 264 g/mol. The molecule has 1 aromatic carbocycles. The van der Waals surface area contributed by atoms with E-state index in [9.17, 15) is 0 Å². The van der Waals surface area contributed by atoms with Crippen molar-refractivity contribution in [2.75, 3.05) is 7.11 Å². The van der Waals surface area contributed by atoms with Crippen LogP contribution in [-0.2, 0) is 0 Å². The van der Waals surface area contributed by atoms with Crippen molar-refractivity contribution in [3.63, 3.8) is 0 Å². The molecule has 2 rings (SSSR count). The molecule has 0 radical (unpaired) electrons. The van der Waals surface area contributed by atoms with E-state index in [-0.39, 0.29) is 0 Å². The zero-order chi connectivity index (χ0) is 15.2. The summed E-state index contributed by atoms with van der Waals surface area (Å²) in [5, 5.41) is 19.3. The van der Waals surface area contributed by atoms with Crippen molar-refractivity contribution in [2.24, 2.45) is 0 Å². The van der Waals surface area contributed by atoms with Gasteiger partial charge in [0.05, 0.1) is 7.11 Å². The Balaban J connectivity index is 2.39. The Kier molecular flexibility index (Phi) is 4.52. The highest BCUT2D eigenvalue weighted by atomic mass is 16.5. The molecule has 1 N–H and O–H groups in total. The van der Waals surface area contributed by atoms with Crippen LogP contribution in [0.5, 0.6) is 5.75 Å². The van der Waals surface area contributed by atoms with Crippen molar-refractivity contribution in [3.8, 4) is 11.8 Å². The molecule has 0 spiro atoms. The summed E-state index contributed by atoms with van der Waals surface area (Å²) in [5.41, 5.74) is 3.80. The fourth-order valence-corrected chi connectivity index (χ4v) is 2.02. The third-order valence-electron chi connectivity index (χ3n) is 3.11. The van der Waals surface area contributed by atoms with Crippen LogP contribution in [0.3, 0.4) is 0 Å². The number of aromatic amines is 1. The summed E-state index contributed by atoms with van der Waals surface area (Å²) in [5.74, 6) is 0.803. The zero-order valence-electron chi connectivity index (χ0n) is 12.2. The van der Waals surface area contributed by atoms with Gasteiger partial charge in [0.2, 0.25) is 0 Å². The van der Waals surface area contributed by atoms with E-state index < -0.39 is 0 Å². The third kappa shape index (κ3) is 3.18. The van der Waals surface area contributed by atoms with Gasteiger partial charge in [-0.1, -0.05) is 18.2 Å². The van der Waals surface area contributed by atoms with Crippen LogP contribution in [0.4, 0.5) is 0 Å². The molecule has 0 unspecified atom stereocenters. The minimum absolute atomic E-state index is 0.296. The van der Waals surface area contributed by atoms with Crippen molar-refractivity contribution in [1.82, 2.24) is 15.4 Å². The number of H-pyrrole nitrogens is 1. The molecule has 2 aromatic rings. The van der Waals surface area contributed by atoms with Crippen molar-refractivity contribution >= 4 is 11.1 Å². The Hall–Kier alpha value is -2.87. The smallest absolute Gasteiger partial charge is 0.190 e. The van der Waals surface area contributed by atoms with E-state index in [0.717, 1.165) is 22.5 Å². The minimum Gasteiger partial charge on any atom is -0.497 e. The van der Waals surface area contributed by atoms with Crippen LogP contribution in [0.15, 0.2) is 36.4 Å². The summed E-state index contributed by atoms with van der Waals surface area (Å²) in [6, 6.07) is 9.84. The number of ether oxygens (including phenoxy) is 1. The Morgan fingerprint density at radius 1 is 1.38 bits per heavy atom. The van der Waals surface area contributed by atoms with Gasteiger partial charge in [0.1, 0.15) is 17.5 Å². The quantitative estimate of drug-likeness (QED) is 0.873. The molecular formula is C16H16N4O. The number of hydrogen-bond acceptors (Lipinski definition) is 4. The van der Waals surface area contributed by atoms with Gasteiger partial charge in [-0.2, -0.15) is 15.6 Å². The maximum absolute atomic E-state index is 9.00. The van der Waals surface area contributed by atoms with E-state index in [1.54, 1.807) is 7.11 Å². The normalized spacial score (nSPS) is 12.1. The Labute approximate surface area is 123 Å². The fraction of sp³-hybridized carbons (Fsp3) is 0.188. The maximum atomic E-state index is 9.00. The molecule has 0 fully saturated rings. The van der Waals surface area contributed by atoms with Crippen molar-refractivity contribution < 1.29 is 4.74 Å². The molecule has 1 aromatic heterocycles. The molecule has 0 saturated carbocycles. The Morgan fingerprint density at radius 3 is 2.86 bits per heavy atom. The minimum atomic E-state index is 0.296. The number of hydrogen-bond donors (Lipinski definition) is 1. The highest BCUT2D eigenvalue weighted by molar-refractivity contribution is 5.83. The van der Waals surface area contributed by atoms with Crippen LogP contribution < -0.4 is 4.74 Å². The van der Waals surface area contributed by atoms with Crippen molar-refractivity contribution in [1.29, 1.82) is 5.26 Å². The van der Waals surface area contributed by atoms with E-state index in [1.807, 2.05) is 56.3 Å². The molecule has 0 aliphatic carbocycles. The second kappa shape index (κ2) is 6.53. The predicted molar refractivity (Wildman–Crippen MR) is 81.4 cm³/mol. The monoisotopic (exact) mass is 280 g/mol. The summed E-state index contributed by atoms with van der Waals surface area (Å²) < 4.78 is 5.24. The molecule has 21 heavy (non-hydrogen) atoms. The topological polar surface area (TPSA) is 74.6 Å². The number of benzene rings is 1. The fourth-order valence-electron chi connectivity index (χ4n) is 2.02. The van der Waals surface area contributed by atoms with E-state index in [4.69, 9.17) is 10.00 Å². The van der Waals surface area contributed by atoms with Gasteiger partial charge in [0, 0.05) is 0 Å². The SMILES string of the molecule is C/C=C(\C=C(/C)c1n[nH]nc1C#N)c1cccc(OC)c1. The van der Waals surface area contributed by atoms with Gasteiger partial charge >= 0.3 is 0 Å². The average Bonchev–Trinajstić information content (AvgIpc) is 3.01. The Morgan fingerprint density at radius 2 is 2.19 bits per heavy atom. The van der Waals surface area contributed by atoms with Crippen LogP contribution in [0.2, 0.25) is 0 Å². The van der Waals surface area contributed by atoms with Gasteiger partial charge in [0.15, 0.2) is 5.69 Å². The largest absolute Gasteiger partial charge is 0.497 e.